The molecule has 1 aliphatic carbocycles. The maximum absolute atomic E-state index is 12.6. The second kappa shape index (κ2) is 5.48. The van der Waals surface area contributed by atoms with E-state index in [1.54, 1.807) is 0 Å². The molecule has 5 rings (SSSR count). The van der Waals surface area contributed by atoms with E-state index in [2.05, 4.69) is 54.2 Å². The van der Waals surface area contributed by atoms with Gasteiger partial charge in [-0.25, -0.2) is 0 Å². The van der Waals surface area contributed by atoms with Crippen molar-refractivity contribution >= 4 is 16.7 Å². The van der Waals surface area contributed by atoms with Crippen molar-refractivity contribution in [3.63, 3.8) is 0 Å². The van der Waals surface area contributed by atoms with Crippen LogP contribution in [0.4, 0.5) is 0 Å². The number of Topliss-reactive ketones (excluding diaryl/α,β-unsaturated/α-hetero) is 1. The number of nitrogens with zero attached hydrogens (tertiary/aromatic N) is 1. The van der Waals surface area contributed by atoms with Gasteiger partial charge in [0.25, 0.3) is 0 Å². The van der Waals surface area contributed by atoms with Crippen LogP contribution in [0.1, 0.15) is 38.7 Å². The van der Waals surface area contributed by atoms with Crippen LogP contribution in [0.3, 0.4) is 0 Å². The lowest BCUT2D eigenvalue weighted by molar-refractivity contribution is -0.145. The summed E-state index contributed by atoms with van der Waals surface area (Å²) in [7, 11) is 0. The molecule has 3 fully saturated rings. The first-order valence-electron chi connectivity index (χ1n) is 8.92. The number of piperidine rings is 2. The molecule has 3 unspecified atom stereocenters. The van der Waals surface area contributed by atoms with E-state index >= 15 is 0 Å². The van der Waals surface area contributed by atoms with Crippen LogP contribution in [0.5, 0.6) is 0 Å². The fourth-order valence-electron chi connectivity index (χ4n) is 5.00. The summed E-state index contributed by atoms with van der Waals surface area (Å²) in [5.74, 6) is 1.05. The minimum Gasteiger partial charge on any atom is -0.361 e. The molecule has 1 aromatic heterocycles. The number of para-hydroxylation sites is 1. The lowest BCUT2D eigenvalue weighted by Gasteiger charge is -2.54. The van der Waals surface area contributed by atoms with E-state index in [1.807, 2.05) is 0 Å². The topological polar surface area (TPSA) is 36.1 Å². The van der Waals surface area contributed by atoms with Gasteiger partial charge in [-0.1, -0.05) is 32.0 Å². The Hall–Kier alpha value is -1.61. The number of hydrogen-bond donors (Lipinski definition) is 1. The van der Waals surface area contributed by atoms with Crippen LogP contribution < -0.4 is 0 Å². The Morgan fingerprint density at radius 3 is 2.96 bits per heavy atom. The number of rotatable bonds is 4. The van der Waals surface area contributed by atoms with Gasteiger partial charge in [-0.15, -0.1) is 0 Å². The molecular weight excluding hydrogens is 284 g/mol. The summed E-state index contributed by atoms with van der Waals surface area (Å²) in [6.45, 7) is 6.66. The van der Waals surface area contributed by atoms with Gasteiger partial charge < -0.3 is 4.98 Å². The molecule has 1 saturated carbocycles. The predicted molar refractivity (Wildman–Crippen MR) is 93.5 cm³/mol. The number of fused-ring (bicyclic) bond motifs is 4. The fraction of sp³-hybridized carbons (Fsp3) is 0.550. The first-order valence-corrected chi connectivity index (χ1v) is 8.92. The van der Waals surface area contributed by atoms with Gasteiger partial charge >= 0.3 is 0 Å². The third-order valence-corrected chi connectivity index (χ3v) is 6.22. The molecule has 1 N–H and O–H groups in total. The van der Waals surface area contributed by atoms with Crippen molar-refractivity contribution in [1.29, 1.82) is 0 Å². The van der Waals surface area contributed by atoms with Crippen molar-refractivity contribution in [3.8, 4) is 0 Å². The zero-order valence-corrected chi connectivity index (χ0v) is 14.1. The quantitative estimate of drug-likeness (QED) is 0.932. The molecule has 0 amide bonds. The van der Waals surface area contributed by atoms with Crippen LogP contribution in [-0.4, -0.2) is 34.8 Å². The third-order valence-electron chi connectivity index (χ3n) is 6.22. The van der Waals surface area contributed by atoms with E-state index in [9.17, 15) is 4.79 Å². The van der Waals surface area contributed by atoms with Gasteiger partial charge in [0, 0.05) is 36.6 Å². The van der Waals surface area contributed by atoms with E-state index in [0.29, 0.717) is 11.7 Å². The molecule has 122 valence electrons. The molecule has 3 atom stereocenters. The van der Waals surface area contributed by atoms with E-state index < -0.39 is 0 Å². The maximum atomic E-state index is 12.6. The van der Waals surface area contributed by atoms with Crippen LogP contribution in [0.15, 0.2) is 30.5 Å². The number of H-pyrrole nitrogens is 1. The van der Waals surface area contributed by atoms with Crippen LogP contribution in [0, 0.1) is 11.3 Å². The molecule has 0 spiro atoms. The molecule has 3 nitrogen and oxygen atoms in total. The molecule has 1 aromatic carbocycles. The predicted octanol–water partition coefficient (Wildman–Crippen LogP) is 3.79. The number of nitrogens with one attached hydrogen (secondary N) is 1. The van der Waals surface area contributed by atoms with E-state index in [-0.39, 0.29) is 11.5 Å². The van der Waals surface area contributed by atoms with Gasteiger partial charge in [-0.05, 0) is 42.2 Å². The van der Waals surface area contributed by atoms with Gasteiger partial charge in [0.2, 0.25) is 0 Å². The molecule has 0 radical (unpaired) electrons. The number of benzene rings is 1. The number of hydrogen-bond acceptors (Lipinski definition) is 2. The first-order chi connectivity index (χ1) is 11.1. The Morgan fingerprint density at radius 2 is 2.17 bits per heavy atom. The summed E-state index contributed by atoms with van der Waals surface area (Å²) < 4.78 is 0. The van der Waals surface area contributed by atoms with Crippen molar-refractivity contribution in [2.75, 3.05) is 13.1 Å². The molecule has 23 heavy (non-hydrogen) atoms. The zero-order chi connectivity index (χ0) is 16.0. The highest BCUT2D eigenvalue weighted by Gasteiger charge is 2.51. The Kier molecular flexibility index (Phi) is 3.56. The van der Waals surface area contributed by atoms with Crippen molar-refractivity contribution in [2.24, 2.45) is 11.3 Å². The Morgan fingerprint density at radius 1 is 1.35 bits per heavy atom. The molecule has 2 aliphatic heterocycles. The molecule has 3 heterocycles. The Bertz CT molecular complexity index is 734. The fourth-order valence-corrected chi connectivity index (χ4v) is 5.00. The largest absolute Gasteiger partial charge is 0.361 e. The van der Waals surface area contributed by atoms with Crippen LogP contribution >= 0.6 is 0 Å². The average Bonchev–Trinajstić information content (AvgIpc) is 2.95. The minimum atomic E-state index is 0.141. The lowest BCUT2D eigenvalue weighted by atomic mass is 9.61. The maximum Gasteiger partial charge on any atom is 0.150 e. The van der Waals surface area contributed by atoms with Gasteiger partial charge in [0.15, 0.2) is 5.78 Å². The molecule has 3 heteroatoms. The smallest absolute Gasteiger partial charge is 0.150 e. The van der Waals surface area contributed by atoms with Gasteiger partial charge in [-0.3, -0.25) is 9.69 Å². The van der Waals surface area contributed by atoms with Crippen LogP contribution in [0.2, 0.25) is 0 Å². The number of aromatic amines is 1. The minimum absolute atomic E-state index is 0.141. The van der Waals surface area contributed by atoms with Crippen LogP contribution in [-0.2, 0) is 11.2 Å². The lowest BCUT2D eigenvalue weighted by Crippen LogP contribution is -2.62. The van der Waals surface area contributed by atoms with E-state index in [0.717, 1.165) is 32.4 Å². The number of carbonyl (C=O) groups is 1. The zero-order valence-electron chi connectivity index (χ0n) is 14.1. The van der Waals surface area contributed by atoms with Gasteiger partial charge in [0.1, 0.15) is 0 Å². The van der Waals surface area contributed by atoms with E-state index in [1.165, 1.54) is 22.9 Å². The van der Waals surface area contributed by atoms with Crippen molar-refractivity contribution in [2.45, 2.75) is 45.6 Å². The molecule has 2 bridgehead atoms. The van der Waals surface area contributed by atoms with E-state index in [4.69, 9.17) is 0 Å². The first kappa shape index (κ1) is 14.9. The number of ketones is 1. The Balaban J connectivity index is 1.54. The summed E-state index contributed by atoms with van der Waals surface area (Å²) in [5.41, 5.74) is 2.75. The van der Waals surface area contributed by atoms with Gasteiger partial charge in [-0.2, -0.15) is 0 Å². The summed E-state index contributed by atoms with van der Waals surface area (Å²) in [5, 5.41) is 1.32. The number of carbonyl (C=O) groups excluding carboxylic acids is 1. The second-order valence-corrected chi connectivity index (χ2v) is 7.76. The molecule has 2 saturated heterocycles. The third kappa shape index (κ3) is 2.42. The molecule has 3 aliphatic rings. The summed E-state index contributed by atoms with van der Waals surface area (Å²) in [4.78, 5) is 18.4. The highest BCUT2D eigenvalue weighted by atomic mass is 16.1. The molecular formula is C20H26N2O. The van der Waals surface area contributed by atoms with Crippen molar-refractivity contribution in [1.82, 2.24) is 9.88 Å². The van der Waals surface area contributed by atoms with Crippen molar-refractivity contribution in [3.05, 3.63) is 36.0 Å². The van der Waals surface area contributed by atoms with Crippen LogP contribution in [0.25, 0.3) is 10.9 Å². The Labute approximate surface area is 138 Å². The molecule has 2 aromatic rings. The van der Waals surface area contributed by atoms with Crippen molar-refractivity contribution < 1.29 is 4.79 Å². The summed E-state index contributed by atoms with van der Waals surface area (Å²) in [6.07, 6.45) is 6.28. The second-order valence-electron chi connectivity index (χ2n) is 7.76. The highest BCUT2D eigenvalue weighted by Crippen LogP contribution is 2.47. The summed E-state index contributed by atoms with van der Waals surface area (Å²) in [6, 6.07) is 8.62. The highest BCUT2D eigenvalue weighted by molar-refractivity contribution is 5.87. The normalized spacial score (nSPS) is 31.1. The monoisotopic (exact) mass is 310 g/mol. The van der Waals surface area contributed by atoms with Gasteiger partial charge in [0.05, 0.1) is 6.04 Å². The average molecular weight is 310 g/mol. The summed E-state index contributed by atoms with van der Waals surface area (Å²) >= 11 is 0. The number of aromatic nitrogens is 1. The SMILES string of the molecule is CCC1(C)CC2CC(=O)C1N(CCc1c[nH]c3ccccc13)C2. The standard InChI is InChI=1S/C20H26N2O/c1-3-20(2)11-14-10-18(23)19(20)22(13-14)9-8-15-12-21-17-7-5-4-6-16(15)17/h4-7,12,14,19,21H,3,8-11,13H2,1-2H3.